The summed E-state index contributed by atoms with van der Waals surface area (Å²) >= 11 is 11.4. The molecule has 3 aliphatic rings. The Morgan fingerprint density at radius 1 is 1.29 bits per heavy atom. The number of rotatable bonds is 5. The van der Waals surface area contributed by atoms with Gasteiger partial charge in [-0.1, -0.05) is 46.4 Å². The second kappa shape index (κ2) is 9.52. The maximum atomic E-state index is 13.2. The van der Waals surface area contributed by atoms with E-state index in [2.05, 4.69) is 26.6 Å². The topological polar surface area (TPSA) is 87.7 Å². The van der Waals surface area contributed by atoms with E-state index in [1.807, 2.05) is 6.08 Å². The maximum Gasteiger partial charge on any atom is 0.258 e. The zero-order valence-electron chi connectivity index (χ0n) is 16.8. The number of anilines is 2. The SMILES string of the molecule is O=C(NC1(C(=O)Nc2ccc(N3CCOCC3=O)c(Cl)c2)CCCC1)C1=CCC(Br)S1. The lowest BCUT2D eigenvalue weighted by molar-refractivity contribution is -0.128. The Balaban J connectivity index is 1.47. The summed E-state index contributed by atoms with van der Waals surface area (Å²) in [5.41, 5.74) is 0.176. The molecule has 166 valence electrons. The van der Waals surface area contributed by atoms with Crippen molar-refractivity contribution in [3.05, 3.63) is 34.2 Å². The van der Waals surface area contributed by atoms with Gasteiger partial charge in [0.05, 0.1) is 26.4 Å². The van der Waals surface area contributed by atoms with Crippen LogP contribution in [0.1, 0.15) is 32.1 Å². The number of thioether (sulfide) groups is 1. The number of nitrogens with zero attached hydrogens (tertiary/aromatic N) is 1. The molecule has 1 aromatic carbocycles. The number of carbonyl (C=O) groups excluding carboxylic acids is 3. The van der Waals surface area contributed by atoms with Gasteiger partial charge in [-0.2, -0.15) is 0 Å². The van der Waals surface area contributed by atoms with Crippen LogP contribution in [0.5, 0.6) is 0 Å². The molecule has 4 rings (SSSR count). The van der Waals surface area contributed by atoms with Crippen LogP contribution in [0, 0.1) is 0 Å². The Morgan fingerprint density at radius 2 is 2.06 bits per heavy atom. The second-order valence-corrected chi connectivity index (χ2v) is 11.2. The number of nitrogens with one attached hydrogen (secondary N) is 2. The quantitative estimate of drug-likeness (QED) is 0.568. The molecule has 0 bridgehead atoms. The van der Waals surface area contributed by atoms with Crippen molar-refractivity contribution >= 4 is 68.4 Å². The van der Waals surface area contributed by atoms with Gasteiger partial charge in [0, 0.05) is 12.2 Å². The van der Waals surface area contributed by atoms with Gasteiger partial charge < -0.3 is 20.3 Å². The van der Waals surface area contributed by atoms with Crippen molar-refractivity contribution in [2.45, 2.75) is 41.8 Å². The molecule has 2 heterocycles. The molecule has 31 heavy (non-hydrogen) atoms. The summed E-state index contributed by atoms with van der Waals surface area (Å²) in [7, 11) is 0. The van der Waals surface area contributed by atoms with E-state index in [4.69, 9.17) is 16.3 Å². The van der Waals surface area contributed by atoms with E-state index in [1.54, 1.807) is 23.1 Å². The molecule has 0 spiro atoms. The number of hydrogen-bond acceptors (Lipinski definition) is 5. The third-order valence-electron chi connectivity index (χ3n) is 5.69. The Kier molecular flexibility index (Phi) is 6.95. The summed E-state index contributed by atoms with van der Waals surface area (Å²) in [6.45, 7) is 0.914. The second-order valence-electron chi connectivity index (χ2n) is 7.79. The molecule has 0 aromatic heterocycles. The number of hydrogen-bond donors (Lipinski definition) is 2. The molecular weight excluding hydrogens is 506 g/mol. The molecule has 2 aliphatic heterocycles. The Labute approximate surface area is 198 Å². The summed E-state index contributed by atoms with van der Waals surface area (Å²) in [6.07, 6.45) is 5.61. The smallest absolute Gasteiger partial charge is 0.258 e. The van der Waals surface area contributed by atoms with E-state index in [1.165, 1.54) is 11.8 Å². The summed E-state index contributed by atoms with van der Waals surface area (Å²) in [5.74, 6) is -0.603. The molecule has 2 fully saturated rings. The van der Waals surface area contributed by atoms with Crippen LogP contribution in [-0.4, -0.2) is 47.2 Å². The Hall–Kier alpha value is -1.55. The number of ether oxygens (including phenoxy) is 1. The molecule has 0 radical (unpaired) electrons. The van der Waals surface area contributed by atoms with Crippen LogP contribution < -0.4 is 15.5 Å². The van der Waals surface area contributed by atoms with Gasteiger partial charge in [-0.3, -0.25) is 14.4 Å². The van der Waals surface area contributed by atoms with Crippen molar-refractivity contribution in [2.24, 2.45) is 0 Å². The molecule has 1 aliphatic carbocycles. The fourth-order valence-corrected chi connectivity index (χ4v) is 5.97. The van der Waals surface area contributed by atoms with Crippen LogP contribution in [0.3, 0.4) is 0 Å². The molecule has 1 aromatic rings. The Bertz CT molecular complexity index is 935. The normalized spacial score (nSPS) is 22.9. The number of benzene rings is 1. The van der Waals surface area contributed by atoms with Crippen LogP contribution in [0.25, 0.3) is 0 Å². The minimum atomic E-state index is -0.936. The van der Waals surface area contributed by atoms with Gasteiger partial charge in [-0.05, 0) is 37.5 Å². The van der Waals surface area contributed by atoms with E-state index in [0.717, 1.165) is 19.3 Å². The number of morpholine rings is 1. The molecular formula is C21H23BrClN3O4S. The number of carbonyl (C=O) groups is 3. The van der Waals surface area contributed by atoms with E-state index in [9.17, 15) is 14.4 Å². The van der Waals surface area contributed by atoms with Crippen molar-refractivity contribution in [3.63, 3.8) is 0 Å². The first-order chi connectivity index (χ1) is 14.9. The average Bonchev–Trinajstić information content (AvgIpc) is 3.39. The molecule has 2 N–H and O–H groups in total. The third-order valence-corrected chi connectivity index (χ3v) is 7.99. The lowest BCUT2D eigenvalue weighted by Gasteiger charge is -2.30. The number of alkyl halides is 1. The van der Waals surface area contributed by atoms with Crippen LogP contribution in [0.15, 0.2) is 29.2 Å². The summed E-state index contributed by atoms with van der Waals surface area (Å²) in [4.78, 5) is 40.3. The van der Waals surface area contributed by atoms with Gasteiger partial charge >= 0.3 is 0 Å². The van der Waals surface area contributed by atoms with E-state index in [-0.39, 0.29) is 28.5 Å². The zero-order valence-corrected chi connectivity index (χ0v) is 19.9. The first-order valence-electron chi connectivity index (χ1n) is 10.2. The fraction of sp³-hybridized carbons (Fsp3) is 0.476. The highest BCUT2D eigenvalue weighted by molar-refractivity contribution is 9.11. The molecule has 1 saturated heterocycles. The minimum Gasteiger partial charge on any atom is -0.370 e. The molecule has 1 unspecified atom stereocenters. The maximum absolute atomic E-state index is 13.2. The largest absolute Gasteiger partial charge is 0.370 e. The van der Waals surface area contributed by atoms with Gasteiger partial charge in [0.2, 0.25) is 5.91 Å². The zero-order chi connectivity index (χ0) is 22.0. The first-order valence-corrected chi connectivity index (χ1v) is 12.4. The average molecular weight is 529 g/mol. The van der Waals surface area contributed by atoms with Crippen LogP contribution in [0.4, 0.5) is 11.4 Å². The number of amides is 3. The molecule has 3 amide bonds. The van der Waals surface area contributed by atoms with Gasteiger partial charge in [-0.15, -0.1) is 11.8 Å². The van der Waals surface area contributed by atoms with Gasteiger partial charge in [0.25, 0.3) is 11.8 Å². The van der Waals surface area contributed by atoms with E-state index >= 15 is 0 Å². The van der Waals surface area contributed by atoms with Crippen molar-refractivity contribution in [1.29, 1.82) is 0 Å². The molecule has 10 heteroatoms. The van der Waals surface area contributed by atoms with Gasteiger partial charge in [-0.25, -0.2) is 0 Å². The van der Waals surface area contributed by atoms with Crippen LogP contribution >= 0.6 is 39.3 Å². The highest BCUT2D eigenvalue weighted by atomic mass is 79.9. The number of allylic oxidation sites excluding steroid dienone is 1. The van der Waals surface area contributed by atoms with Crippen LogP contribution in [0.2, 0.25) is 5.02 Å². The standard InChI is InChI=1S/C21H23BrClN3O4S/c22-17-6-5-16(31-17)19(28)25-21(7-1-2-8-21)20(29)24-13-3-4-15(14(23)11-13)26-9-10-30-12-18(26)27/h3-5,11,17H,1-2,6-10,12H2,(H,24,29)(H,25,28). The van der Waals surface area contributed by atoms with Crippen molar-refractivity contribution in [3.8, 4) is 0 Å². The van der Waals surface area contributed by atoms with E-state index < -0.39 is 5.54 Å². The molecule has 1 atom stereocenters. The van der Waals surface area contributed by atoms with Gasteiger partial charge in [0.15, 0.2) is 0 Å². The summed E-state index contributed by atoms with van der Waals surface area (Å²) in [6, 6.07) is 5.07. The van der Waals surface area contributed by atoms with Gasteiger partial charge in [0.1, 0.15) is 12.1 Å². The highest BCUT2D eigenvalue weighted by Gasteiger charge is 2.43. The number of halogens is 2. The third kappa shape index (κ3) is 4.94. The minimum absolute atomic E-state index is 0.0293. The highest BCUT2D eigenvalue weighted by Crippen LogP contribution is 2.38. The van der Waals surface area contributed by atoms with E-state index in [0.29, 0.717) is 47.3 Å². The summed E-state index contributed by atoms with van der Waals surface area (Å²) < 4.78 is 5.35. The summed E-state index contributed by atoms with van der Waals surface area (Å²) in [5, 5.41) is 6.28. The first kappa shape index (κ1) is 22.6. The fourth-order valence-electron chi connectivity index (χ4n) is 4.07. The predicted octanol–water partition coefficient (Wildman–Crippen LogP) is 3.81. The lowest BCUT2D eigenvalue weighted by Crippen LogP contribution is -2.55. The van der Waals surface area contributed by atoms with Crippen molar-refractivity contribution < 1.29 is 19.1 Å². The van der Waals surface area contributed by atoms with Crippen molar-refractivity contribution in [1.82, 2.24) is 5.32 Å². The molecule has 1 saturated carbocycles. The lowest BCUT2D eigenvalue weighted by atomic mass is 9.95. The Morgan fingerprint density at radius 3 is 2.71 bits per heavy atom. The van der Waals surface area contributed by atoms with Crippen molar-refractivity contribution in [2.75, 3.05) is 30.0 Å². The predicted molar refractivity (Wildman–Crippen MR) is 126 cm³/mol. The molecule has 7 nitrogen and oxygen atoms in total. The monoisotopic (exact) mass is 527 g/mol. The van der Waals surface area contributed by atoms with Crippen LogP contribution in [-0.2, 0) is 19.1 Å².